The van der Waals surface area contributed by atoms with Crippen LogP contribution < -0.4 is 0 Å². The summed E-state index contributed by atoms with van der Waals surface area (Å²) in [5.41, 5.74) is 1.98. The number of aliphatic hydroxyl groups is 1. The number of hydrogen-bond donors (Lipinski definition) is 1. The third kappa shape index (κ3) is 2.56. The van der Waals surface area contributed by atoms with Crippen molar-refractivity contribution in [3.8, 4) is 11.5 Å². The molecule has 0 saturated carbocycles. The normalized spacial score (nSPS) is 12.7. The highest BCUT2D eigenvalue weighted by molar-refractivity contribution is 9.10. The molecule has 1 heterocycles. The second-order valence-electron chi connectivity index (χ2n) is 3.85. The summed E-state index contributed by atoms with van der Waals surface area (Å²) in [5.74, 6) is 0.757. The van der Waals surface area contributed by atoms with Gasteiger partial charge in [-0.15, -0.1) is 0 Å². The molecule has 0 aliphatic carbocycles. The molecule has 1 aromatic heterocycles. The second-order valence-corrected chi connectivity index (χ2v) is 4.70. The number of nitrogens with zero attached hydrogens (tertiary/aromatic N) is 2. The molecule has 1 unspecified atom stereocenters. The lowest BCUT2D eigenvalue weighted by Crippen LogP contribution is -1.97. The number of benzene rings is 1. The van der Waals surface area contributed by atoms with Crippen molar-refractivity contribution < 1.29 is 9.63 Å². The van der Waals surface area contributed by atoms with E-state index in [-0.39, 0.29) is 0 Å². The van der Waals surface area contributed by atoms with Gasteiger partial charge in [0.15, 0.2) is 0 Å². The third-order valence-electron chi connectivity index (χ3n) is 2.55. The van der Waals surface area contributed by atoms with Crippen molar-refractivity contribution in [3.63, 3.8) is 0 Å². The summed E-state index contributed by atoms with van der Waals surface area (Å²) < 4.78 is 6.12. The van der Waals surface area contributed by atoms with Gasteiger partial charge in [-0.05, 0) is 31.0 Å². The lowest BCUT2D eigenvalue weighted by Gasteiger charge is -2.00. The molecule has 0 spiro atoms. The first-order valence-corrected chi connectivity index (χ1v) is 6.19. The molecule has 0 fully saturated rings. The largest absolute Gasteiger partial charge is 0.385 e. The molecule has 0 amide bonds. The fourth-order valence-corrected chi connectivity index (χ4v) is 1.77. The minimum absolute atomic E-state index is 0.333. The number of hydrogen-bond acceptors (Lipinski definition) is 4. The number of aryl methyl sites for hydroxylation is 1. The van der Waals surface area contributed by atoms with E-state index in [0.29, 0.717) is 18.1 Å². The van der Waals surface area contributed by atoms with E-state index in [4.69, 9.17) is 4.52 Å². The van der Waals surface area contributed by atoms with E-state index < -0.39 is 6.10 Å². The zero-order valence-corrected chi connectivity index (χ0v) is 11.2. The van der Waals surface area contributed by atoms with E-state index in [1.165, 1.54) is 0 Å². The maximum Gasteiger partial charge on any atom is 0.258 e. The highest BCUT2D eigenvalue weighted by Crippen LogP contribution is 2.25. The maximum atomic E-state index is 9.59. The zero-order chi connectivity index (χ0) is 12.4. The molecule has 1 N–H and O–H groups in total. The lowest BCUT2D eigenvalue weighted by atomic mass is 10.1. The Morgan fingerprint density at radius 3 is 2.88 bits per heavy atom. The minimum atomic E-state index is -0.665. The quantitative estimate of drug-likeness (QED) is 0.944. The molecule has 4 nitrogen and oxygen atoms in total. The first-order valence-electron chi connectivity index (χ1n) is 5.40. The molecule has 1 atom stereocenters. The van der Waals surface area contributed by atoms with Gasteiger partial charge in [0.1, 0.15) is 6.10 Å². The van der Waals surface area contributed by atoms with Crippen LogP contribution in [-0.4, -0.2) is 15.2 Å². The SMILES string of the molecule is CCC(O)c1noc(-c2ccc(C)c(Br)c2)n1. The number of halogens is 1. The van der Waals surface area contributed by atoms with Crippen LogP contribution in [0, 0.1) is 6.92 Å². The second kappa shape index (κ2) is 4.98. The molecule has 0 aliphatic heterocycles. The Morgan fingerprint density at radius 2 is 2.24 bits per heavy atom. The Labute approximate surface area is 108 Å². The van der Waals surface area contributed by atoms with E-state index in [2.05, 4.69) is 26.1 Å². The van der Waals surface area contributed by atoms with Crippen LogP contribution in [0.15, 0.2) is 27.2 Å². The van der Waals surface area contributed by atoms with Crippen molar-refractivity contribution >= 4 is 15.9 Å². The van der Waals surface area contributed by atoms with Crippen LogP contribution in [-0.2, 0) is 0 Å². The summed E-state index contributed by atoms with van der Waals surface area (Å²) in [7, 11) is 0. The van der Waals surface area contributed by atoms with Crippen LogP contribution in [0.25, 0.3) is 11.5 Å². The molecule has 1 aromatic carbocycles. The van der Waals surface area contributed by atoms with Gasteiger partial charge in [-0.1, -0.05) is 34.1 Å². The van der Waals surface area contributed by atoms with E-state index in [0.717, 1.165) is 15.6 Å². The first kappa shape index (κ1) is 12.3. The van der Waals surface area contributed by atoms with Gasteiger partial charge >= 0.3 is 0 Å². The number of aliphatic hydroxyl groups excluding tert-OH is 1. The van der Waals surface area contributed by atoms with Gasteiger partial charge in [0.2, 0.25) is 5.82 Å². The smallest absolute Gasteiger partial charge is 0.258 e. The molecule has 5 heteroatoms. The minimum Gasteiger partial charge on any atom is -0.385 e. The molecule has 2 aromatic rings. The third-order valence-corrected chi connectivity index (χ3v) is 3.40. The molecule has 17 heavy (non-hydrogen) atoms. The van der Waals surface area contributed by atoms with Crippen molar-refractivity contribution in [3.05, 3.63) is 34.1 Å². The van der Waals surface area contributed by atoms with Gasteiger partial charge in [0.25, 0.3) is 5.89 Å². The van der Waals surface area contributed by atoms with E-state index >= 15 is 0 Å². The molecular weight excluding hydrogens is 284 g/mol. The standard InChI is InChI=1S/C12H13BrN2O2/c1-3-10(16)11-14-12(17-15-11)8-5-4-7(2)9(13)6-8/h4-6,10,16H,3H2,1-2H3. The average molecular weight is 297 g/mol. The van der Waals surface area contributed by atoms with E-state index in [9.17, 15) is 5.11 Å². The molecule has 0 bridgehead atoms. The Kier molecular flexibility index (Phi) is 3.59. The number of rotatable bonds is 3. The van der Waals surface area contributed by atoms with Crippen LogP contribution >= 0.6 is 15.9 Å². The van der Waals surface area contributed by atoms with Gasteiger partial charge in [0.05, 0.1) is 0 Å². The van der Waals surface area contributed by atoms with Gasteiger partial charge in [-0.3, -0.25) is 0 Å². The summed E-state index contributed by atoms with van der Waals surface area (Å²) in [6.07, 6.45) is -0.0993. The highest BCUT2D eigenvalue weighted by atomic mass is 79.9. The summed E-state index contributed by atoms with van der Waals surface area (Å²) in [6.45, 7) is 3.87. The van der Waals surface area contributed by atoms with Crippen molar-refractivity contribution in [2.24, 2.45) is 0 Å². The van der Waals surface area contributed by atoms with Gasteiger partial charge in [0, 0.05) is 10.0 Å². The predicted molar refractivity (Wildman–Crippen MR) is 67.4 cm³/mol. The van der Waals surface area contributed by atoms with Crippen LogP contribution in [0.2, 0.25) is 0 Å². The Balaban J connectivity index is 2.33. The van der Waals surface area contributed by atoms with Crippen LogP contribution in [0.5, 0.6) is 0 Å². The van der Waals surface area contributed by atoms with Gasteiger partial charge in [-0.25, -0.2) is 0 Å². The van der Waals surface area contributed by atoms with E-state index in [1.54, 1.807) is 0 Å². The topological polar surface area (TPSA) is 59.2 Å². The fraction of sp³-hybridized carbons (Fsp3) is 0.333. The zero-order valence-electron chi connectivity index (χ0n) is 9.64. The van der Waals surface area contributed by atoms with E-state index in [1.807, 2.05) is 32.0 Å². The van der Waals surface area contributed by atoms with Crippen molar-refractivity contribution in [1.82, 2.24) is 10.1 Å². The van der Waals surface area contributed by atoms with Crippen molar-refractivity contribution in [1.29, 1.82) is 0 Å². The van der Waals surface area contributed by atoms with Crippen LogP contribution in [0.4, 0.5) is 0 Å². The predicted octanol–water partition coefficient (Wildman–Crippen LogP) is 3.25. The van der Waals surface area contributed by atoms with Crippen molar-refractivity contribution in [2.75, 3.05) is 0 Å². The molecule has 0 aliphatic rings. The van der Waals surface area contributed by atoms with Crippen LogP contribution in [0.3, 0.4) is 0 Å². The Hall–Kier alpha value is -1.20. The average Bonchev–Trinajstić information content (AvgIpc) is 2.81. The summed E-state index contributed by atoms with van der Waals surface area (Å²) in [4.78, 5) is 4.17. The fourth-order valence-electron chi connectivity index (χ4n) is 1.40. The van der Waals surface area contributed by atoms with Gasteiger partial charge in [-0.2, -0.15) is 4.98 Å². The summed E-state index contributed by atoms with van der Waals surface area (Å²) >= 11 is 3.45. The molecule has 2 rings (SSSR count). The first-order chi connectivity index (χ1) is 8.11. The maximum absolute atomic E-state index is 9.59. The number of aromatic nitrogens is 2. The van der Waals surface area contributed by atoms with Crippen molar-refractivity contribution in [2.45, 2.75) is 26.4 Å². The summed E-state index contributed by atoms with van der Waals surface area (Å²) in [6, 6.07) is 5.81. The summed E-state index contributed by atoms with van der Waals surface area (Å²) in [5, 5.41) is 13.4. The molecule has 90 valence electrons. The molecule has 0 radical (unpaired) electrons. The highest BCUT2D eigenvalue weighted by Gasteiger charge is 2.15. The molecular formula is C12H13BrN2O2. The monoisotopic (exact) mass is 296 g/mol. The molecule has 0 saturated heterocycles. The van der Waals surface area contributed by atoms with Gasteiger partial charge < -0.3 is 9.63 Å². The van der Waals surface area contributed by atoms with Crippen LogP contribution in [0.1, 0.15) is 30.8 Å². The Bertz CT molecular complexity index is 525. The lowest BCUT2D eigenvalue weighted by molar-refractivity contribution is 0.159. The Morgan fingerprint density at radius 1 is 1.47 bits per heavy atom.